The van der Waals surface area contributed by atoms with Crippen molar-refractivity contribution in [2.24, 2.45) is 0 Å². The van der Waals surface area contributed by atoms with Gasteiger partial charge in [0, 0.05) is 10.6 Å². The lowest BCUT2D eigenvalue weighted by atomic mass is 10.2. The van der Waals surface area contributed by atoms with Crippen LogP contribution in [0.5, 0.6) is 11.5 Å². The van der Waals surface area contributed by atoms with Crippen molar-refractivity contribution in [3.8, 4) is 11.5 Å². The van der Waals surface area contributed by atoms with Crippen LogP contribution in [-0.2, 0) is 4.79 Å². The van der Waals surface area contributed by atoms with E-state index in [1.807, 2.05) is 18.2 Å². The van der Waals surface area contributed by atoms with Gasteiger partial charge in [-0.05, 0) is 49.4 Å². The molecule has 0 saturated carbocycles. The molecule has 0 saturated heterocycles. The Bertz CT molecular complexity index is 1130. The van der Waals surface area contributed by atoms with E-state index in [0.717, 1.165) is 4.90 Å². The molecule has 2 N–H and O–H groups in total. The molecule has 7 nitrogen and oxygen atoms in total. The van der Waals surface area contributed by atoms with Crippen LogP contribution in [0.1, 0.15) is 16.1 Å². The summed E-state index contributed by atoms with van der Waals surface area (Å²) < 4.78 is 30.3. The van der Waals surface area contributed by atoms with Crippen molar-refractivity contribution in [3.63, 3.8) is 0 Å². The van der Waals surface area contributed by atoms with E-state index in [2.05, 4.69) is 10.6 Å². The second-order valence-corrected chi connectivity index (χ2v) is 7.73. The Hall–Kier alpha value is -3.46. The van der Waals surface area contributed by atoms with E-state index in [1.54, 1.807) is 6.92 Å². The molecule has 1 aliphatic heterocycles. The molecule has 9 heteroatoms. The van der Waals surface area contributed by atoms with Gasteiger partial charge >= 0.3 is 0 Å². The molecule has 0 spiro atoms. The molecular formula is C22H19FN2O5S. The van der Waals surface area contributed by atoms with Crippen molar-refractivity contribution in [3.05, 3.63) is 65.9 Å². The average molecular weight is 442 g/mol. The maximum Gasteiger partial charge on any atom is 0.259 e. The van der Waals surface area contributed by atoms with Gasteiger partial charge in [-0.15, -0.1) is 11.8 Å². The zero-order valence-corrected chi connectivity index (χ0v) is 17.4. The number of nitrogens with one attached hydrogen (secondary N) is 2. The molecule has 0 radical (unpaired) electrons. The van der Waals surface area contributed by atoms with Crippen LogP contribution in [0.25, 0.3) is 0 Å². The summed E-state index contributed by atoms with van der Waals surface area (Å²) in [5, 5.41) is 5.21. The lowest BCUT2D eigenvalue weighted by Gasteiger charge is -2.18. The minimum atomic E-state index is -0.613. The molecule has 160 valence electrons. The Balaban J connectivity index is 1.36. The summed E-state index contributed by atoms with van der Waals surface area (Å²) >= 11 is 1.34. The first-order valence-electron chi connectivity index (χ1n) is 9.47. The molecule has 2 aromatic carbocycles. The van der Waals surface area contributed by atoms with E-state index in [0.29, 0.717) is 41.7 Å². The summed E-state index contributed by atoms with van der Waals surface area (Å²) in [7, 11) is 0. The Morgan fingerprint density at radius 2 is 1.84 bits per heavy atom. The van der Waals surface area contributed by atoms with Crippen molar-refractivity contribution in [1.82, 2.24) is 0 Å². The van der Waals surface area contributed by atoms with Crippen LogP contribution < -0.4 is 20.1 Å². The fourth-order valence-electron chi connectivity index (χ4n) is 2.97. The second kappa shape index (κ2) is 9.13. The third kappa shape index (κ3) is 5.00. The Labute approximate surface area is 181 Å². The molecule has 1 aliphatic rings. The number of hydrogen-bond acceptors (Lipinski definition) is 6. The number of hydrogen-bond donors (Lipinski definition) is 2. The van der Waals surface area contributed by atoms with Gasteiger partial charge in [0.1, 0.15) is 24.8 Å². The smallest absolute Gasteiger partial charge is 0.259 e. The zero-order chi connectivity index (χ0) is 21.8. The van der Waals surface area contributed by atoms with Crippen LogP contribution in [0.15, 0.2) is 58.0 Å². The van der Waals surface area contributed by atoms with Crippen LogP contribution in [0.3, 0.4) is 0 Å². The SMILES string of the molecule is Cc1occc1C(=O)Nc1cc(NC(=O)CSc2ccc3c(c2)OCCO3)ccc1F. The van der Waals surface area contributed by atoms with Crippen LogP contribution in [0.2, 0.25) is 0 Å². The van der Waals surface area contributed by atoms with Gasteiger partial charge in [0.2, 0.25) is 5.91 Å². The molecule has 0 atom stereocenters. The normalized spacial score (nSPS) is 12.3. The van der Waals surface area contributed by atoms with Gasteiger partial charge < -0.3 is 24.5 Å². The molecule has 0 fully saturated rings. The van der Waals surface area contributed by atoms with Gasteiger partial charge in [-0.25, -0.2) is 4.39 Å². The minimum absolute atomic E-state index is 0.0390. The Morgan fingerprint density at radius 3 is 2.61 bits per heavy atom. The summed E-state index contributed by atoms with van der Waals surface area (Å²) in [6.45, 7) is 2.65. The highest BCUT2D eigenvalue weighted by Gasteiger charge is 2.15. The maximum absolute atomic E-state index is 14.1. The Morgan fingerprint density at radius 1 is 1.03 bits per heavy atom. The van der Waals surface area contributed by atoms with Crippen LogP contribution in [0, 0.1) is 12.7 Å². The molecule has 3 aromatic rings. The number of anilines is 2. The van der Waals surface area contributed by atoms with Gasteiger partial charge in [0.15, 0.2) is 11.5 Å². The summed E-state index contributed by atoms with van der Waals surface area (Å²) in [4.78, 5) is 25.5. The second-order valence-electron chi connectivity index (χ2n) is 6.68. The van der Waals surface area contributed by atoms with E-state index in [4.69, 9.17) is 13.9 Å². The maximum atomic E-state index is 14.1. The van der Waals surface area contributed by atoms with E-state index in [9.17, 15) is 14.0 Å². The quantitative estimate of drug-likeness (QED) is 0.547. The highest BCUT2D eigenvalue weighted by Crippen LogP contribution is 2.34. The number of furan rings is 1. The number of ether oxygens (including phenoxy) is 2. The van der Waals surface area contributed by atoms with Gasteiger partial charge in [0.25, 0.3) is 5.91 Å². The number of amides is 2. The molecule has 31 heavy (non-hydrogen) atoms. The highest BCUT2D eigenvalue weighted by molar-refractivity contribution is 8.00. The molecular weight excluding hydrogens is 423 g/mol. The zero-order valence-electron chi connectivity index (χ0n) is 16.6. The number of rotatable bonds is 6. The number of benzene rings is 2. The summed E-state index contributed by atoms with van der Waals surface area (Å²) in [5.74, 6) is 0.538. The van der Waals surface area contributed by atoms with Gasteiger partial charge in [0.05, 0.1) is 23.3 Å². The number of carbonyl (C=O) groups excluding carboxylic acids is 2. The molecule has 4 rings (SSSR count). The average Bonchev–Trinajstić information content (AvgIpc) is 3.20. The lowest BCUT2D eigenvalue weighted by molar-refractivity contribution is -0.113. The molecule has 1 aromatic heterocycles. The van der Waals surface area contributed by atoms with Crippen LogP contribution in [0.4, 0.5) is 15.8 Å². The third-order valence-corrected chi connectivity index (χ3v) is 5.48. The van der Waals surface area contributed by atoms with Crippen molar-refractivity contribution in [2.75, 3.05) is 29.6 Å². The predicted molar refractivity (Wildman–Crippen MR) is 115 cm³/mol. The fourth-order valence-corrected chi connectivity index (χ4v) is 3.69. The first-order chi connectivity index (χ1) is 15.0. The number of thioether (sulfide) groups is 1. The van der Waals surface area contributed by atoms with E-state index >= 15 is 0 Å². The number of fused-ring (bicyclic) bond motifs is 1. The largest absolute Gasteiger partial charge is 0.486 e. The van der Waals surface area contributed by atoms with E-state index < -0.39 is 11.7 Å². The van der Waals surface area contributed by atoms with E-state index in [1.165, 1.54) is 42.3 Å². The molecule has 0 aliphatic carbocycles. The standard InChI is InChI=1S/C22H19FN2O5S/c1-13-16(6-7-28-13)22(27)25-18-10-14(2-4-17(18)23)24-21(26)12-31-15-3-5-19-20(11-15)30-9-8-29-19/h2-7,10-11H,8-9,12H2,1H3,(H,24,26)(H,25,27). The fraction of sp³-hybridized carbons (Fsp3) is 0.182. The highest BCUT2D eigenvalue weighted by atomic mass is 32.2. The minimum Gasteiger partial charge on any atom is -0.486 e. The van der Waals surface area contributed by atoms with Gasteiger partial charge in [-0.1, -0.05) is 0 Å². The van der Waals surface area contributed by atoms with Gasteiger partial charge in [-0.3, -0.25) is 9.59 Å². The molecule has 2 amide bonds. The van der Waals surface area contributed by atoms with Crippen molar-refractivity contribution < 1.29 is 27.9 Å². The number of carbonyl (C=O) groups is 2. The van der Waals surface area contributed by atoms with Crippen molar-refractivity contribution >= 4 is 35.0 Å². The van der Waals surface area contributed by atoms with Crippen LogP contribution in [-0.4, -0.2) is 30.8 Å². The summed E-state index contributed by atoms with van der Waals surface area (Å²) in [6.07, 6.45) is 1.39. The lowest BCUT2D eigenvalue weighted by Crippen LogP contribution is -2.16. The van der Waals surface area contributed by atoms with Crippen molar-refractivity contribution in [1.29, 1.82) is 0 Å². The first-order valence-corrected chi connectivity index (χ1v) is 10.5. The monoisotopic (exact) mass is 442 g/mol. The third-order valence-electron chi connectivity index (χ3n) is 4.49. The topological polar surface area (TPSA) is 89.8 Å². The molecule has 0 unspecified atom stereocenters. The van der Waals surface area contributed by atoms with E-state index in [-0.39, 0.29) is 17.3 Å². The number of aryl methyl sites for hydroxylation is 1. The molecule has 0 bridgehead atoms. The predicted octanol–water partition coefficient (Wildman–Crippen LogP) is 4.48. The molecule has 2 heterocycles. The summed E-state index contributed by atoms with van der Waals surface area (Å²) in [5.41, 5.74) is 0.640. The van der Waals surface area contributed by atoms with Crippen LogP contribution >= 0.6 is 11.8 Å². The van der Waals surface area contributed by atoms with Gasteiger partial charge in [-0.2, -0.15) is 0 Å². The number of halogens is 1. The first kappa shape index (κ1) is 20.8. The van der Waals surface area contributed by atoms with Crippen molar-refractivity contribution in [2.45, 2.75) is 11.8 Å². The Kier molecular flexibility index (Phi) is 6.13. The summed E-state index contributed by atoms with van der Waals surface area (Å²) in [6, 6.07) is 11.0.